The molecule has 1 unspecified atom stereocenters. The van der Waals surface area contributed by atoms with Gasteiger partial charge in [0.15, 0.2) is 0 Å². The van der Waals surface area contributed by atoms with Crippen LogP contribution in [0.5, 0.6) is 0 Å². The van der Waals surface area contributed by atoms with Gasteiger partial charge in [-0.05, 0) is 41.7 Å². The Hall–Kier alpha value is -0.340. The van der Waals surface area contributed by atoms with Crippen molar-refractivity contribution in [1.29, 1.82) is 0 Å². The molecule has 1 atom stereocenters. The van der Waals surface area contributed by atoms with Crippen LogP contribution >= 0.6 is 11.3 Å². The highest BCUT2D eigenvalue weighted by Gasteiger charge is 2.39. The summed E-state index contributed by atoms with van der Waals surface area (Å²) in [6.07, 6.45) is 5.83. The quantitative estimate of drug-likeness (QED) is 0.805. The average molecular weight is 210 g/mol. The molecule has 0 aliphatic heterocycles. The molecule has 2 rings (SSSR count). The summed E-state index contributed by atoms with van der Waals surface area (Å²) in [7, 11) is 0. The van der Waals surface area contributed by atoms with Crippen LogP contribution in [0.2, 0.25) is 0 Å². The summed E-state index contributed by atoms with van der Waals surface area (Å²) in [6.45, 7) is 2.21. The van der Waals surface area contributed by atoms with Gasteiger partial charge >= 0.3 is 0 Å². The fourth-order valence-corrected chi connectivity index (χ4v) is 3.36. The third-order valence-corrected chi connectivity index (χ3v) is 4.44. The molecule has 1 aliphatic carbocycles. The fraction of sp³-hybridized carbons (Fsp3) is 0.667. The van der Waals surface area contributed by atoms with Crippen LogP contribution < -0.4 is 0 Å². The maximum atomic E-state index is 10.4. The van der Waals surface area contributed by atoms with E-state index in [0.717, 1.165) is 12.0 Å². The SMILES string of the molecule is CCC1(C(O)c2ccsc2)CCCC1. The maximum Gasteiger partial charge on any atom is 0.0854 e. The van der Waals surface area contributed by atoms with E-state index in [9.17, 15) is 5.11 Å². The number of aliphatic hydroxyl groups is 1. The first kappa shape index (κ1) is 10.2. The van der Waals surface area contributed by atoms with E-state index >= 15 is 0 Å². The van der Waals surface area contributed by atoms with Crippen LogP contribution in [-0.2, 0) is 0 Å². The molecule has 78 valence electrons. The van der Waals surface area contributed by atoms with Gasteiger partial charge in [0.2, 0.25) is 0 Å². The van der Waals surface area contributed by atoms with Crippen molar-refractivity contribution < 1.29 is 5.11 Å². The summed E-state index contributed by atoms with van der Waals surface area (Å²) in [4.78, 5) is 0. The highest BCUT2D eigenvalue weighted by atomic mass is 32.1. The second kappa shape index (κ2) is 4.03. The van der Waals surface area contributed by atoms with Gasteiger partial charge in [-0.15, -0.1) is 0 Å². The lowest BCUT2D eigenvalue weighted by Crippen LogP contribution is -2.24. The number of rotatable bonds is 3. The lowest BCUT2D eigenvalue weighted by molar-refractivity contribution is 0.0241. The first-order chi connectivity index (χ1) is 6.78. The van der Waals surface area contributed by atoms with Crippen LogP contribution in [0.1, 0.15) is 50.7 Å². The lowest BCUT2D eigenvalue weighted by atomic mass is 9.76. The molecule has 1 fully saturated rings. The molecule has 2 heteroatoms. The monoisotopic (exact) mass is 210 g/mol. The molecular formula is C12H18OS. The largest absolute Gasteiger partial charge is 0.388 e. The maximum absolute atomic E-state index is 10.4. The van der Waals surface area contributed by atoms with Gasteiger partial charge in [-0.3, -0.25) is 0 Å². The Kier molecular flexibility index (Phi) is 2.93. The van der Waals surface area contributed by atoms with Gasteiger partial charge in [-0.25, -0.2) is 0 Å². The zero-order chi connectivity index (χ0) is 10.0. The van der Waals surface area contributed by atoms with Gasteiger partial charge in [0.05, 0.1) is 6.10 Å². The van der Waals surface area contributed by atoms with Crippen LogP contribution in [0.15, 0.2) is 16.8 Å². The molecule has 0 saturated heterocycles. The molecule has 0 amide bonds. The number of aliphatic hydroxyl groups excluding tert-OH is 1. The van der Waals surface area contributed by atoms with E-state index < -0.39 is 0 Å². The van der Waals surface area contributed by atoms with E-state index in [2.05, 4.69) is 23.8 Å². The number of thiophene rings is 1. The molecule has 0 spiro atoms. The van der Waals surface area contributed by atoms with Gasteiger partial charge in [0.25, 0.3) is 0 Å². The topological polar surface area (TPSA) is 20.2 Å². The third-order valence-electron chi connectivity index (χ3n) is 3.74. The normalized spacial score (nSPS) is 22.4. The minimum atomic E-state index is -0.235. The van der Waals surface area contributed by atoms with Crippen LogP contribution in [0.3, 0.4) is 0 Å². The fourth-order valence-electron chi connectivity index (χ4n) is 2.68. The summed E-state index contributed by atoms with van der Waals surface area (Å²) in [5.74, 6) is 0. The van der Waals surface area contributed by atoms with E-state index in [1.807, 2.05) is 0 Å². The molecule has 1 N–H and O–H groups in total. The van der Waals surface area contributed by atoms with E-state index in [4.69, 9.17) is 0 Å². The molecule has 1 heterocycles. The van der Waals surface area contributed by atoms with Crippen LogP contribution in [0, 0.1) is 5.41 Å². The van der Waals surface area contributed by atoms with Crippen molar-refractivity contribution in [2.45, 2.75) is 45.1 Å². The molecule has 14 heavy (non-hydrogen) atoms. The summed E-state index contributed by atoms with van der Waals surface area (Å²) in [5.41, 5.74) is 1.31. The summed E-state index contributed by atoms with van der Waals surface area (Å²) < 4.78 is 0. The van der Waals surface area contributed by atoms with Gasteiger partial charge in [-0.1, -0.05) is 19.8 Å². The molecule has 0 aromatic carbocycles. The van der Waals surface area contributed by atoms with Crippen molar-refractivity contribution in [3.8, 4) is 0 Å². The Morgan fingerprint density at radius 3 is 2.71 bits per heavy atom. The van der Waals surface area contributed by atoms with E-state index in [-0.39, 0.29) is 11.5 Å². The average Bonchev–Trinajstić information content (AvgIpc) is 2.89. The Balaban J connectivity index is 2.19. The van der Waals surface area contributed by atoms with Crippen molar-refractivity contribution in [2.75, 3.05) is 0 Å². The highest BCUT2D eigenvalue weighted by molar-refractivity contribution is 7.07. The number of hydrogen-bond acceptors (Lipinski definition) is 2. The van der Waals surface area contributed by atoms with E-state index in [0.29, 0.717) is 0 Å². The molecule has 1 aromatic rings. The van der Waals surface area contributed by atoms with Crippen molar-refractivity contribution in [3.63, 3.8) is 0 Å². The molecule has 1 saturated carbocycles. The first-order valence-corrected chi connectivity index (χ1v) is 6.43. The zero-order valence-electron chi connectivity index (χ0n) is 8.70. The van der Waals surface area contributed by atoms with Crippen molar-refractivity contribution >= 4 is 11.3 Å². The van der Waals surface area contributed by atoms with Crippen molar-refractivity contribution in [1.82, 2.24) is 0 Å². The summed E-state index contributed by atoms with van der Waals surface area (Å²) in [6, 6.07) is 2.06. The second-order valence-electron chi connectivity index (χ2n) is 4.38. The Bertz CT molecular complexity index is 273. The van der Waals surface area contributed by atoms with Crippen molar-refractivity contribution in [3.05, 3.63) is 22.4 Å². The van der Waals surface area contributed by atoms with Gasteiger partial charge < -0.3 is 5.11 Å². The standard InChI is InChI=1S/C12H18OS/c1-2-12(6-3-4-7-12)11(13)10-5-8-14-9-10/h5,8-9,11,13H,2-4,6-7H2,1H3. The second-order valence-corrected chi connectivity index (χ2v) is 5.16. The van der Waals surface area contributed by atoms with Gasteiger partial charge in [0, 0.05) is 5.41 Å². The molecule has 0 bridgehead atoms. The minimum absolute atomic E-state index is 0.182. The minimum Gasteiger partial charge on any atom is -0.388 e. The predicted molar refractivity (Wildman–Crippen MR) is 60.5 cm³/mol. The van der Waals surface area contributed by atoms with Gasteiger partial charge in [0.1, 0.15) is 0 Å². The van der Waals surface area contributed by atoms with Crippen LogP contribution in [0.4, 0.5) is 0 Å². The Labute approximate surface area is 89.8 Å². The zero-order valence-corrected chi connectivity index (χ0v) is 9.52. The molecule has 1 aliphatic rings. The van der Waals surface area contributed by atoms with Crippen molar-refractivity contribution in [2.24, 2.45) is 5.41 Å². The summed E-state index contributed by atoms with van der Waals surface area (Å²) >= 11 is 1.68. The summed E-state index contributed by atoms with van der Waals surface area (Å²) in [5, 5.41) is 14.5. The van der Waals surface area contributed by atoms with E-state index in [1.165, 1.54) is 25.7 Å². The molecule has 1 aromatic heterocycles. The Morgan fingerprint density at radius 1 is 1.50 bits per heavy atom. The molecule has 0 radical (unpaired) electrons. The van der Waals surface area contributed by atoms with Gasteiger partial charge in [-0.2, -0.15) is 11.3 Å². The smallest absolute Gasteiger partial charge is 0.0854 e. The third kappa shape index (κ3) is 1.61. The lowest BCUT2D eigenvalue weighted by Gasteiger charge is -2.32. The molecular weight excluding hydrogens is 192 g/mol. The first-order valence-electron chi connectivity index (χ1n) is 5.49. The van der Waals surface area contributed by atoms with E-state index in [1.54, 1.807) is 11.3 Å². The molecule has 1 nitrogen and oxygen atoms in total. The van der Waals surface area contributed by atoms with Crippen LogP contribution in [0.25, 0.3) is 0 Å². The predicted octanol–water partition coefficient (Wildman–Crippen LogP) is 3.75. The highest BCUT2D eigenvalue weighted by Crippen LogP contribution is 2.50. The number of hydrogen-bond donors (Lipinski definition) is 1. The van der Waals surface area contributed by atoms with Crippen LogP contribution in [-0.4, -0.2) is 5.11 Å². The Morgan fingerprint density at radius 2 is 2.21 bits per heavy atom.